The fraction of sp³-hybridized carbons (Fsp3) is 0.300. The predicted molar refractivity (Wildman–Crippen MR) is 152 cm³/mol. The lowest BCUT2D eigenvalue weighted by Gasteiger charge is -2.36. The second kappa shape index (κ2) is 11.9. The number of pyridine rings is 1. The van der Waals surface area contributed by atoms with Crippen LogP contribution in [0.2, 0.25) is 0 Å². The van der Waals surface area contributed by atoms with Gasteiger partial charge in [0.05, 0.1) is 7.11 Å². The zero-order valence-electron chi connectivity index (χ0n) is 20.8. The fourth-order valence-corrected chi connectivity index (χ4v) is 5.26. The topological polar surface area (TPSA) is 40.6 Å². The highest BCUT2D eigenvalue weighted by molar-refractivity contribution is 9.10. The van der Waals surface area contributed by atoms with Crippen LogP contribution < -0.4 is 15.0 Å². The first kappa shape index (κ1) is 24.8. The van der Waals surface area contributed by atoms with Crippen molar-refractivity contribution in [2.45, 2.75) is 19.5 Å². The molecule has 0 unspecified atom stereocenters. The Morgan fingerprint density at radius 1 is 0.917 bits per heavy atom. The zero-order valence-corrected chi connectivity index (χ0v) is 22.4. The lowest BCUT2D eigenvalue weighted by Crippen LogP contribution is -2.46. The maximum absolute atomic E-state index is 5.86. The van der Waals surface area contributed by atoms with E-state index in [0.29, 0.717) is 0 Å². The number of anilines is 1. The van der Waals surface area contributed by atoms with Gasteiger partial charge in [0.2, 0.25) is 0 Å². The summed E-state index contributed by atoms with van der Waals surface area (Å²) in [6.07, 6.45) is 2.86. The number of nitrogens with one attached hydrogen (secondary N) is 1. The van der Waals surface area contributed by atoms with Gasteiger partial charge in [-0.1, -0.05) is 52.3 Å². The SMILES string of the molecule is COc1c(CNCCc2ccccc2)cc(CN2CCN(c3ccc(Br)cc3)CC2)c2cccnc12. The first-order valence-electron chi connectivity index (χ1n) is 12.6. The molecule has 1 aliphatic heterocycles. The number of piperazine rings is 1. The maximum Gasteiger partial charge on any atom is 0.149 e. The quantitative estimate of drug-likeness (QED) is 0.275. The predicted octanol–water partition coefficient (Wildman–Crippen LogP) is 5.66. The standard InChI is InChI=1S/C30H33BrN4O/c1-36-30-24(21-32-15-13-23-6-3-2-4-7-23)20-25(28-8-5-14-33-29(28)30)22-34-16-18-35(19-17-34)27-11-9-26(31)10-12-27/h2-12,14,20,32H,13,15-19,21-22H2,1H3. The van der Waals surface area contributed by atoms with Crippen molar-refractivity contribution in [1.29, 1.82) is 0 Å². The van der Waals surface area contributed by atoms with Crippen LogP contribution in [0.1, 0.15) is 16.7 Å². The number of methoxy groups -OCH3 is 1. The Hall–Kier alpha value is -2.93. The van der Waals surface area contributed by atoms with Crippen LogP contribution in [-0.4, -0.2) is 49.7 Å². The first-order chi connectivity index (χ1) is 17.7. The van der Waals surface area contributed by atoms with Crippen molar-refractivity contribution in [1.82, 2.24) is 15.2 Å². The number of fused-ring (bicyclic) bond motifs is 1. The van der Waals surface area contributed by atoms with Gasteiger partial charge in [-0.15, -0.1) is 0 Å². The monoisotopic (exact) mass is 544 g/mol. The molecule has 0 bridgehead atoms. The van der Waals surface area contributed by atoms with Gasteiger partial charge in [0.1, 0.15) is 11.3 Å². The van der Waals surface area contributed by atoms with Gasteiger partial charge in [0, 0.05) is 66.6 Å². The number of ether oxygens (including phenoxy) is 1. The third-order valence-electron chi connectivity index (χ3n) is 6.92. The molecule has 0 amide bonds. The summed E-state index contributed by atoms with van der Waals surface area (Å²) in [5.41, 5.74) is 6.07. The van der Waals surface area contributed by atoms with E-state index in [-0.39, 0.29) is 0 Å². The molecule has 1 aromatic heterocycles. The number of halogens is 1. The third kappa shape index (κ3) is 5.89. The van der Waals surface area contributed by atoms with Gasteiger partial charge in [0.15, 0.2) is 0 Å². The van der Waals surface area contributed by atoms with Gasteiger partial charge in [-0.25, -0.2) is 0 Å². The van der Waals surface area contributed by atoms with Crippen LogP contribution in [0.4, 0.5) is 5.69 Å². The molecule has 3 aromatic carbocycles. The summed E-state index contributed by atoms with van der Waals surface area (Å²) >= 11 is 3.54. The Morgan fingerprint density at radius 2 is 1.69 bits per heavy atom. The van der Waals surface area contributed by atoms with E-state index in [2.05, 4.69) is 97.8 Å². The molecule has 1 aliphatic rings. The van der Waals surface area contributed by atoms with Gasteiger partial charge >= 0.3 is 0 Å². The van der Waals surface area contributed by atoms with E-state index >= 15 is 0 Å². The van der Waals surface area contributed by atoms with Crippen molar-refractivity contribution in [3.63, 3.8) is 0 Å². The van der Waals surface area contributed by atoms with E-state index in [1.54, 1.807) is 7.11 Å². The van der Waals surface area contributed by atoms with Crippen molar-refractivity contribution in [3.05, 3.63) is 100 Å². The highest BCUT2D eigenvalue weighted by Gasteiger charge is 2.20. The Kier molecular flexibility index (Phi) is 8.16. The highest BCUT2D eigenvalue weighted by Crippen LogP contribution is 2.32. The third-order valence-corrected chi connectivity index (χ3v) is 7.45. The molecule has 0 spiro atoms. The van der Waals surface area contributed by atoms with Crippen LogP contribution >= 0.6 is 15.9 Å². The van der Waals surface area contributed by atoms with E-state index in [9.17, 15) is 0 Å². The largest absolute Gasteiger partial charge is 0.494 e. The second-order valence-corrected chi connectivity index (χ2v) is 10.2. The molecular formula is C30H33BrN4O. The van der Waals surface area contributed by atoms with Crippen molar-refractivity contribution >= 4 is 32.5 Å². The van der Waals surface area contributed by atoms with E-state index in [4.69, 9.17) is 9.72 Å². The molecule has 1 N–H and O–H groups in total. The van der Waals surface area contributed by atoms with E-state index < -0.39 is 0 Å². The summed E-state index contributed by atoms with van der Waals surface area (Å²) in [5.74, 6) is 0.876. The Balaban J connectivity index is 1.28. The first-order valence-corrected chi connectivity index (χ1v) is 13.4. The second-order valence-electron chi connectivity index (χ2n) is 9.28. The molecule has 5 rings (SSSR count). The van der Waals surface area contributed by atoms with E-state index in [1.165, 1.54) is 27.8 Å². The summed E-state index contributed by atoms with van der Waals surface area (Å²) in [6, 6.07) is 25.7. The van der Waals surface area contributed by atoms with Gasteiger partial charge in [-0.3, -0.25) is 9.88 Å². The van der Waals surface area contributed by atoms with Crippen LogP contribution in [0, 0.1) is 0 Å². The average molecular weight is 546 g/mol. The Bertz CT molecular complexity index is 1270. The molecule has 5 nitrogen and oxygen atoms in total. The average Bonchev–Trinajstić information content (AvgIpc) is 2.93. The number of aromatic nitrogens is 1. The summed E-state index contributed by atoms with van der Waals surface area (Å²) in [4.78, 5) is 9.74. The highest BCUT2D eigenvalue weighted by atomic mass is 79.9. The van der Waals surface area contributed by atoms with Crippen molar-refractivity contribution in [2.24, 2.45) is 0 Å². The van der Waals surface area contributed by atoms with Crippen LogP contribution in [-0.2, 0) is 19.5 Å². The van der Waals surface area contributed by atoms with Gasteiger partial charge in [-0.2, -0.15) is 0 Å². The summed E-state index contributed by atoms with van der Waals surface area (Å²) in [7, 11) is 1.75. The minimum absolute atomic E-state index is 0.757. The Morgan fingerprint density at radius 3 is 2.44 bits per heavy atom. The molecule has 4 aromatic rings. The Labute approximate surface area is 222 Å². The molecule has 186 valence electrons. The smallest absolute Gasteiger partial charge is 0.149 e. The van der Waals surface area contributed by atoms with E-state index in [0.717, 1.165) is 68.0 Å². The lowest BCUT2D eigenvalue weighted by atomic mass is 10.0. The number of benzene rings is 3. The molecule has 6 heteroatoms. The molecule has 2 heterocycles. The van der Waals surface area contributed by atoms with E-state index in [1.807, 2.05) is 12.3 Å². The molecular weight excluding hydrogens is 512 g/mol. The lowest BCUT2D eigenvalue weighted by molar-refractivity contribution is 0.250. The number of nitrogens with zero attached hydrogens (tertiary/aromatic N) is 3. The molecule has 0 atom stereocenters. The molecule has 1 saturated heterocycles. The summed E-state index contributed by atoms with van der Waals surface area (Å²) < 4.78 is 6.98. The van der Waals surface area contributed by atoms with Crippen LogP contribution in [0.3, 0.4) is 0 Å². The van der Waals surface area contributed by atoms with Crippen molar-refractivity contribution in [3.8, 4) is 5.75 Å². The normalized spacial score (nSPS) is 14.3. The van der Waals surface area contributed by atoms with Crippen molar-refractivity contribution in [2.75, 3.05) is 44.7 Å². The number of hydrogen-bond donors (Lipinski definition) is 1. The minimum atomic E-state index is 0.757. The summed E-state index contributed by atoms with van der Waals surface area (Å²) in [6.45, 7) is 6.72. The van der Waals surface area contributed by atoms with Crippen LogP contribution in [0.25, 0.3) is 10.9 Å². The molecule has 36 heavy (non-hydrogen) atoms. The van der Waals surface area contributed by atoms with Crippen LogP contribution in [0.5, 0.6) is 5.75 Å². The van der Waals surface area contributed by atoms with Gasteiger partial charge < -0.3 is 15.0 Å². The molecule has 0 aliphatic carbocycles. The minimum Gasteiger partial charge on any atom is -0.494 e. The van der Waals surface area contributed by atoms with Crippen LogP contribution in [0.15, 0.2) is 83.5 Å². The number of rotatable bonds is 9. The molecule has 0 saturated carbocycles. The summed E-state index contributed by atoms with van der Waals surface area (Å²) in [5, 5.41) is 4.80. The molecule has 1 fully saturated rings. The maximum atomic E-state index is 5.86. The van der Waals surface area contributed by atoms with Gasteiger partial charge in [0.25, 0.3) is 0 Å². The van der Waals surface area contributed by atoms with Gasteiger partial charge in [-0.05, 0) is 60.5 Å². The fourth-order valence-electron chi connectivity index (χ4n) is 5.00. The van der Waals surface area contributed by atoms with Crippen molar-refractivity contribution < 1.29 is 4.74 Å². The zero-order chi connectivity index (χ0) is 24.7. The molecule has 0 radical (unpaired) electrons. The number of hydrogen-bond acceptors (Lipinski definition) is 5.